The Hall–Kier alpha value is -0.950. The number of rotatable bonds is 2. The highest BCUT2D eigenvalue weighted by atomic mass is 35.5. The van der Waals surface area contributed by atoms with Crippen LogP contribution in [0.4, 0.5) is 5.69 Å². The average Bonchev–Trinajstić information content (AvgIpc) is 2.03. The van der Waals surface area contributed by atoms with Crippen molar-refractivity contribution in [2.45, 2.75) is 13.8 Å². The normalized spacial score (nSPS) is 9.25. The highest BCUT2D eigenvalue weighted by molar-refractivity contribution is 6.30. The first-order chi connectivity index (χ1) is 5.68. The SMILES string of the molecule is CC(C)=CNc1ccc(Cl)cc1. The molecule has 0 aliphatic carbocycles. The molecule has 0 fully saturated rings. The molecule has 0 aromatic heterocycles. The van der Waals surface area contributed by atoms with Gasteiger partial charge >= 0.3 is 0 Å². The van der Waals surface area contributed by atoms with E-state index in [1.165, 1.54) is 5.57 Å². The van der Waals surface area contributed by atoms with E-state index in [-0.39, 0.29) is 0 Å². The Kier molecular flexibility index (Phi) is 3.18. The van der Waals surface area contributed by atoms with E-state index in [4.69, 9.17) is 11.6 Å². The molecule has 0 heterocycles. The predicted octanol–water partition coefficient (Wildman–Crippen LogP) is 3.68. The van der Waals surface area contributed by atoms with Crippen LogP contribution in [-0.2, 0) is 0 Å². The Morgan fingerprint density at radius 3 is 2.33 bits per heavy atom. The molecule has 1 nitrogen and oxygen atoms in total. The third-order valence-electron chi connectivity index (χ3n) is 1.37. The van der Waals surface area contributed by atoms with E-state index >= 15 is 0 Å². The van der Waals surface area contributed by atoms with Crippen LogP contribution in [0.3, 0.4) is 0 Å². The summed E-state index contributed by atoms with van der Waals surface area (Å²) in [5, 5.41) is 3.91. The van der Waals surface area contributed by atoms with Crippen molar-refractivity contribution < 1.29 is 0 Å². The van der Waals surface area contributed by atoms with Crippen molar-refractivity contribution in [1.82, 2.24) is 0 Å². The van der Waals surface area contributed by atoms with Gasteiger partial charge in [-0.3, -0.25) is 0 Å². The number of benzene rings is 1. The fraction of sp³-hybridized carbons (Fsp3) is 0.200. The Labute approximate surface area is 78.1 Å². The molecular weight excluding hydrogens is 170 g/mol. The summed E-state index contributed by atoms with van der Waals surface area (Å²) in [6.07, 6.45) is 1.96. The highest BCUT2D eigenvalue weighted by Crippen LogP contribution is 2.13. The van der Waals surface area contributed by atoms with Gasteiger partial charge in [0.15, 0.2) is 0 Å². The van der Waals surface area contributed by atoms with Crippen LogP contribution in [0.25, 0.3) is 0 Å². The third-order valence-corrected chi connectivity index (χ3v) is 1.62. The summed E-state index contributed by atoms with van der Waals surface area (Å²) in [5.41, 5.74) is 2.30. The van der Waals surface area contributed by atoms with Gasteiger partial charge in [0.1, 0.15) is 0 Å². The maximum Gasteiger partial charge on any atom is 0.0407 e. The van der Waals surface area contributed by atoms with Crippen LogP contribution in [0, 0.1) is 0 Å². The summed E-state index contributed by atoms with van der Waals surface area (Å²) in [7, 11) is 0. The molecule has 0 aliphatic rings. The van der Waals surface area contributed by atoms with Crippen molar-refractivity contribution in [2.24, 2.45) is 0 Å². The lowest BCUT2D eigenvalue weighted by Gasteiger charge is -2.00. The van der Waals surface area contributed by atoms with E-state index in [0.717, 1.165) is 10.7 Å². The molecule has 0 bridgehead atoms. The summed E-state index contributed by atoms with van der Waals surface area (Å²) >= 11 is 5.73. The molecule has 0 aliphatic heterocycles. The zero-order valence-corrected chi connectivity index (χ0v) is 8.02. The lowest BCUT2D eigenvalue weighted by Crippen LogP contribution is -1.87. The molecule has 0 saturated carbocycles. The largest absolute Gasteiger partial charge is 0.362 e. The van der Waals surface area contributed by atoms with E-state index in [1.54, 1.807) is 0 Å². The molecular formula is C10H12ClN. The molecule has 0 spiro atoms. The van der Waals surface area contributed by atoms with Crippen LogP contribution in [0.1, 0.15) is 13.8 Å². The maximum absolute atomic E-state index is 5.73. The van der Waals surface area contributed by atoms with Gasteiger partial charge in [-0.2, -0.15) is 0 Å². The molecule has 0 atom stereocenters. The zero-order chi connectivity index (χ0) is 8.97. The first-order valence-electron chi connectivity index (χ1n) is 3.84. The molecule has 64 valence electrons. The van der Waals surface area contributed by atoms with Gasteiger partial charge in [0.25, 0.3) is 0 Å². The van der Waals surface area contributed by atoms with Crippen molar-refractivity contribution in [2.75, 3.05) is 5.32 Å². The fourth-order valence-electron chi connectivity index (χ4n) is 0.774. The molecule has 12 heavy (non-hydrogen) atoms. The van der Waals surface area contributed by atoms with Gasteiger partial charge in [0.05, 0.1) is 0 Å². The van der Waals surface area contributed by atoms with Crippen molar-refractivity contribution in [3.05, 3.63) is 41.1 Å². The predicted molar refractivity (Wildman–Crippen MR) is 54.5 cm³/mol. The second-order valence-corrected chi connectivity index (χ2v) is 3.31. The van der Waals surface area contributed by atoms with Crippen LogP contribution in [0.15, 0.2) is 36.0 Å². The van der Waals surface area contributed by atoms with Crippen LogP contribution in [0.5, 0.6) is 0 Å². The molecule has 0 saturated heterocycles. The van der Waals surface area contributed by atoms with E-state index in [2.05, 4.69) is 5.32 Å². The van der Waals surface area contributed by atoms with Gasteiger partial charge in [-0.15, -0.1) is 0 Å². The Bertz CT molecular complexity index is 270. The maximum atomic E-state index is 5.73. The molecule has 0 amide bonds. The van der Waals surface area contributed by atoms with Gasteiger partial charge in [0, 0.05) is 10.7 Å². The van der Waals surface area contributed by atoms with Gasteiger partial charge in [-0.05, 0) is 44.3 Å². The fourth-order valence-corrected chi connectivity index (χ4v) is 0.900. The van der Waals surface area contributed by atoms with Crippen LogP contribution in [0.2, 0.25) is 5.02 Å². The Morgan fingerprint density at radius 2 is 1.83 bits per heavy atom. The zero-order valence-electron chi connectivity index (χ0n) is 7.26. The second-order valence-electron chi connectivity index (χ2n) is 2.87. The van der Waals surface area contributed by atoms with Gasteiger partial charge < -0.3 is 5.32 Å². The first-order valence-corrected chi connectivity index (χ1v) is 4.22. The number of halogens is 1. The van der Waals surface area contributed by atoms with E-state index in [1.807, 2.05) is 44.3 Å². The minimum absolute atomic E-state index is 0.762. The van der Waals surface area contributed by atoms with Gasteiger partial charge in [-0.1, -0.05) is 17.2 Å². The summed E-state index contributed by atoms with van der Waals surface area (Å²) in [5.74, 6) is 0. The molecule has 1 N–H and O–H groups in total. The molecule has 1 rings (SSSR count). The second kappa shape index (κ2) is 4.17. The number of nitrogens with one attached hydrogen (secondary N) is 1. The van der Waals surface area contributed by atoms with Crippen molar-refractivity contribution in [3.63, 3.8) is 0 Å². The molecule has 2 heteroatoms. The highest BCUT2D eigenvalue weighted by Gasteiger charge is 1.88. The van der Waals surface area contributed by atoms with Gasteiger partial charge in [0.2, 0.25) is 0 Å². The van der Waals surface area contributed by atoms with Crippen molar-refractivity contribution in [3.8, 4) is 0 Å². The number of hydrogen-bond acceptors (Lipinski definition) is 1. The minimum atomic E-state index is 0.762. The monoisotopic (exact) mass is 181 g/mol. The quantitative estimate of drug-likeness (QED) is 0.734. The molecule has 1 aromatic carbocycles. The van der Waals surface area contributed by atoms with E-state index in [0.29, 0.717) is 0 Å². The lowest BCUT2D eigenvalue weighted by molar-refractivity contribution is 1.36. The molecule has 1 aromatic rings. The van der Waals surface area contributed by atoms with Crippen LogP contribution in [-0.4, -0.2) is 0 Å². The topological polar surface area (TPSA) is 12.0 Å². The average molecular weight is 182 g/mol. The van der Waals surface area contributed by atoms with Crippen molar-refractivity contribution >= 4 is 17.3 Å². The summed E-state index contributed by atoms with van der Waals surface area (Å²) in [6, 6.07) is 7.62. The lowest BCUT2D eigenvalue weighted by atomic mass is 10.3. The van der Waals surface area contributed by atoms with E-state index < -0.39 is 0 Å². The van der Waals surface area contributed by atoms with Crippen LogP contribution < -0.4 is 5.32 Å². The van der Waals surface area contributed by atoms with Gasteiger partial charge in [-0.25, -0.2) is 0 Å². The third kappa shape index (κ3) is 2.97. The number of allylic oxidation sites excluding steroid dienone is 1. The summed E-state index contributed by atoms with van der Waals surface area (Å²) in [6.45, 7) is 4.09. The molecule has 0 radical (unpaired) electrons. The van der Waals surface area contributed by atoms with E-state index in [9.17, 15) is 0 Å². The first kappa shape index (κ1) is 9.14. The standard InChI is InChI=1S/C10H12ClN/c1-8(2)7-12-10-5-3-9(11)4-6-10/h3-7,12H,1-2H3. The Balaban J connectivity index is 2.65. The summed E-state index contributed by atoms with van der Waals surface area (Å²) < 4.78 is 0. The number of anilines is 1. The Morgan fingerprint density at radius 1 is 1.25 bits per heavy atom. The minimum Gasteiger partial charge on any atom is -0.362 e. The summed E-state index contributed by atoms with van der Waals surface area (Å²) in [4.78, 5) is 0. The smallest absolute Gasteiger partial charge is 0.0407 e. The van der Waals surface area contributed by atoms with Crippen LogP contribution >= 0.6 is 11.6 Å². The number of hydrogen-bond donors (Lipinski definition) is 1. The van der Waals surface area contributed by atoms with Crippen molar-refractivity contribution in [1.29, 1.82) is 0 Å². The molecule has 0 unspecified atom stereocenters.